The van der Waals surface area contributed by atoms with Gasteiger partial charge >= 0.3 is 0 Å². The summed E-state index contributed by atoms with van der Waals surface area (Å²) in [6.07, 6.45) is 1.38. The zero-order chi connectivity index (χ0) is 9.54. The molecule has 14 heavy (non-hydrogen) atoms. The van der Waals surface area contributed by atoms with Gasteiger partial charge in [0.25, 0.3) is 0 Å². The third-order valence-corrected chi connectivity index (χ3v) is 4.24. The fraction of sp³-hybridized carbons (Fsp3) is 0.500. The average molecular weight is 252 g/mol. The first kappa shape index (κ1) is 8.93. The van der Waals surface area contributed by atoms with Crippen LogP contribution in [0, 0.1) is 11.8 Å². The first-order valence-corrected chi connectivity index (χ1v) is 6.10. The van der Waals surface area contributed by atoms with E-state index in [2.05, 4.69) is 45.5 Å². The molecule has 1 saturated carbocycles. The molecule has 1 N–H and O–H groups in total. The van der Waals surface area contributed by atoms with E-state index in [0.717, 1.165) is 17.8 Å². The molecule has 2 fully saturated rings. The van der Waals surface area contributed by atoms with Gasteiger partial charge < -0.3 is 5.32 Å². The van der Waals surface area contributed by atoms with E-state index in [1.54, 1.807) is 0 Å². The lowest BCUT2D eigenvalue weighted by molar-refractivity contribution is 0.191. The van der Waals surface area contributed by atoms with Crippen molar-refractivity contribution in [1.29, 1.82) is 0 Å². The number of benzene rings is 1. The summed E-state index contributed by atoms with van der Waals surface area (Å²) in [4.78, 5) is 0. The molecule has 1 aromatic carbocycles. The SMILES string of the molecule is Brc1cccc(C2CC3CNCC32)c1. The summed E-state index contributed by atoms with van der Waals surface area (Å²) in [5.74, 6) is 2.68. The highest BCUT2D eigenvalue weighted by Crippen LogP contribution is 2.49. The predicted molar refractivity (Wildman–Crippen MR) is 61.3 cm³/mol. The Hall–Kier alpha value is -0.340. The lowest BCUT2D eigenvalue weighted by Crippen LogP contribution is -2.33. The highest BCUT2D eigenvalue weighted by atomic mass is 79.9. The molecule has 1 aliphatic heterocycles. The third-order valence-electron chi connectivity index (χ3n) is 3.74. The number of hydrogen-bond acceptors (Lipinski definition) is 1. The second-order valence-corrected chi connectivity index (χ2v) is 5.40. The van der Waals surface area contributed by atoms with Crippen molar-refractivity contribution in [1.82, 2.24) is 5.32 Å². The minimum Gasteiger partial charge on any atom is -0.316 e. The number of rotatable bonds is 1. The molecule has 3 unspecified atom stereocenters. The third kappa shape index (κ3) is 1.32. The molecule has 0 radical (unpaired) electrons. The number of nitrogens with one attached hydrogen (secondary N) is 1. The maximum atomic E-state index is 3.54. The van der Waals surface area contributed by atoms with Crippen molar-refractivity contribution in [3.63, 3.8) is 0 Å². The smallest absolute Gasteiger partial charge is 0.0178 e. The molecule has 3 rings (SSSR count). The molecule has 2 aliphatic rings. The quantitative estimate of drug-likeness (QED) is 0.810. The van der Waals surface area contributed by atoms with E-state index in [0.29, 0.717) is 0 Å². The van der Waals surface area contributed by atoms with Gasteiger partial charge in [-0.25, -0.2) is 0 Å². The van der Waals surface area contributed by atoms with Crippen LogP contribution in [0.25, 0.3) is 0 Å². The molecule has 1 aliphatic carbocycles. The fourth-order valence-corrected chi connectivity index (χ4v) is 3.32. The first-order valence-electron chi connectivity index (χ1n) is 5.31. The Morgan fingerprint density at radius 1 is 1.29 bits per heavy atom. The van der Waals surface area contributed by atoms with Gasteiger partial charge in [-0.2, -0.15) is 0 Å². The fourth-order valence-electron chi connectivity index (χ4n) is 2.91. The Morgan fingerprint density at radius 2 is 2.21 bits per heavy atom. The summed E-state index contributed by atoms with van der Waals surface area (Å²) in [5, 5.41) is 3.49. The van der Waals surface area contributed by atoms with Gasteiger partial charge in [-0.3, -0.25) is 0 Å². The van der Waals surface area contributed by atoms with Gasteiger partial charge in [0, 0.05) is 4.47 Å². The summed E-state index contributed by atoms with van der Waals surface area (Å²) >= 11 is 3.54. The minimum atomic E-state index is 0.812. The molecule has 0 spiro atoms. The second-order valence-electron chi connectivity index (χ2n) is 4.48. The predicted octanol–water partition coefficient (Wildman–Crippen LogP) is 2.77. The van der Waals surface area contributed by atoms with Crippen LogP contribution in [0.4, 0.5) is 0 Å². The molecule has 1 aromatic rings. The van der Waals surface area contributed by atoms with Gasteiger partial charge in [-0.15, -0.1) is 0 Å². The molecular weight excluding hydrogens is 238 g/mol. The van der Waals surface area contributed by atoms with Crippen LogP contribution in [0.15, 0.2) is 28.7 Å². The Bertz CT molecular complexity index is 350. The van der Waals surface area contributed by atoms with Crippen molar-refractivity contribution in [2.75, 3.05) is 13.1 Å². The van der Waals surface area contributed by atoms with Gasteiger partial charge in [0.05, 0.1) is 0 Å². The molecule has 3 atom stereocenters. The molecule has 2 heteroatoms. The normalized spacial score (nSPS) is 35.1. The van der Waals surface area contributed by atoms with Gasteiger partial charge in [-0.05, 0) is 55.0 Å². The van der Waals surface area contributed by atoms with Gasteiger partial charge in [0.1, 0.15) is 0 Å². The molecule has 0 aromatic heterocycles. The Labute approximate surface area is 93.0 Å². The van der Waals surface area contributed by atoms with Crippen LogP contribution in [-0.4, -0.2) is 13.1 Å². The van der Waals surface area contributed by atoms with Crippen LogP contribution >= 0.6 is 15.9 Å². The zero-order valence-electron chi connectivity index (χ0n) is 8.04. The summed E-state index contributed by atoms with van der Waals surface area (Å²) in [6.45, 7) is 2.47. The van der Waals surface area contributed by atoms with E-state index >= 15 is 0 Å². The van der Waals surface area contributed by atoms with Crippen LogP contribution in [0.3, 0.4) is 0 Å². The van der Waals surface area contributed by atoms with Crippen molar-refractivity contribution in [2.45, 2.75) is 12.3 Å². The topological polar surface area (TPSA) is 12.0 Å². The summed E-state index contributed by atoms with van der Waals surface area (Å²) in [5.41, 5.74) is 1.52. The maximum Gasteiger partial charge on any atom is 0.0178 e. The molecule has 74 valence electrons. The maximum absolute atomic E-state index is 3.54. The number of halogens is 1. The van der Waals surface area contributed by atoms with E-state index in [9.17, 15) is 0 Å². The standard InChI is InChI=1S/C12H14BrN/c13-10-3-1-2-8(4-10)11-5-9-6-14-7-12(9)11/h1-4,9,11-12,14H,5-7H2. The molecule has 1 nitrogen and oxygen atoms in total. The minimum absolute atomic E-state index is 0.812. The van der Waals surface area contributed by atoms with E-state index in [-0.39, 0.29) is 0 Å². The van der Waals surface area contributed by atoms with Crippen molar-refractivity contribution in [3.05, 3.63) is 34.3 Å². The Morgan fingerprint density at radius 3 is 3.00 bits per heavy atom. The van der Waals surface area contributed by atoms with E-state index in [4.69, 9.17) is 0 Å². The van der Waals surface area contributed by atoms with E-state index in [1.165, 1.54) is 29.5 Å². The largest absolute Gasteiger partial charge is 0.316 e. The van der Waals surface area contributed by atoms with Gasteiger partial charge in [-0.1, -0.05) is 28.1 Å². The van der Waals surface area contributed by atoms with E-state index in [1.807, 2.05) is 0 Å². The zero-order valence-corrected chi connectivity index (χ0v) is 9.63. The lowest BCUT2D eigenvalue weighted by Gasteiger charge is -2.40. The van der Waals surface area contributed by atoms with Crippen molar-refractivity contribution in [2.24, 2.45) is 11.8 Å². The number of fused-ring (bicyclic) bond motifs is 1. The monoisotopic (exact) mass is 251 g/mol. The van der Waals surface area contributed by atoms with Crippen molar-refractivity contribution in [3.8, 4) is 0 Å². The molecule has 0 amide bonds. The van der Waals surface area contributed by atoms with Crippen molar-refractivity contribution >= 4 is 15.9 Å². The van der Waals surface area contributed by atoms with Crippen LogP contribution in [0.5, 0.6) is 0 Å². The Kier molecular flexibility index (Phi) is 2.14. The van der Waals surface area contributed by atoms with Crippen molar-refractivity contribution < 1.29 is 0 Å². The van der Waals surface area contributed by atoms with Crippen LogP contribution < -0.4 is 5.32 Å². The summed E-state index contributed by atoms with van der Waals surface area (Å²) in [7, 11) is 0. The van der Waals surface area contributed by atoms with Crippen LogP contribution in [-0.2, 0) is 0 Å². The van der Waals surface area contributed by atoms with Crippen LogP contribution in [0.1, 0.15) is 17.9 Å². The first-order chi connectivity index (χ1) is 6.84. The summed E-state index contributed by atoms with van der Waals surface area (Å²) < 4.78 is 1.21. The highest BCUT2D eigenvalue weighted by molar-refractivity contribution is 9.10. The molecular formula is C12H14BrN. The molecule has 0 bridgehead atoms. The number of hydrogen-bond donors (Lipinski definition) is 1. The lowest BCUT2D eigenvalue weighted by atomic mass is 9.64. The van der Waals surface area contributed by atoms with Crippen LogP contribution in [0.2, 0.25) is 0 Å². The van der Waals surface area contributed by atoms with E-state index < -0.39 is 0 Å². The highest BCUT2D eigenvalue weighted by Gasteiger charge is 2.44. The average Bonchev–Trinajstić information content (AvgIpc) is 2.48. The molecule has 1 heterocycles. The van der Waals surface area contributed by atoms with Gasteiger partial charge in [0.15, 0.2) is 0 Å². The Balaban J connectivity index is 1.83. The second kappa shape index (κ2) is 3.35. The molecule has 1 saturated heterocycles. The van der Waals surface area contributed by atoms with Gasteiger partial charge in [0.2, 0.25) is 0 Å². The summed E-state index contributed by atoms with van der Waals surface area (Å²) in [6, 6.07) is 8.80.